The number of halogens is 1. The highest BCUT2D eigenvalue weighted by Crippen LogP contribution is 2.25. The average molecular weight is 255 g/mol. The second-order valence-electron chi connectivity index (χ2n) is 2.78. The molecule has 5 heteroatoms. The minimum Gasteiger partial charge on any atom is -0.440 e. The summed E-state index contributed by atoms with van der Waals surface area (Å²) in [6.07, 6.45) is 0. The van der Waals surface area contributed by atoms with Gasteiger partial charge in [-0.25, -0.2) is 4.79 Å². The van der Waals surface area contributed by atoms with Gasteiger partial charge in [0.15, 0.2) is 0 Å². The zero-order valence-corrected chi connectivity index (χ0v) is 8.67. The lowest BCUT2D eigenvalue weighted by Gasteiger charge is -1.92. The zero-order chi connectivity index (χ0) is 10.1. The summed E-state index contributed by atoms with van der Waals surface area (Å²) in [4.78, 5) is 10.6. The molecule has 0 aliphatic carbocycles. The maximum atomic E-state index is 10.6. The molecule has 2 aromatic rings. The monoisotopic (exact) mass is 254 g/mol. The molecule has 0 atom stereocenters. The van der Waals surface area contributed by atoms with E-state index in [0.717, 1.165) is 9.86 Å². The van der Waals surface area contributed by atoms with Crippen LogP contribution in [0, 0.1) is 0 Å². The topological polar surface area (TPSA) is 68.3 Å². The molecule has 1 aromatic heterocycles. The van der Waals surface area contributed by atoms with E-state index >= 15 is 0 Å². The molecule has 0 unspecified atom stereocenters. The molecule has 14 heavy (non-hydrogen) atoms. The van der Waals surface area contributed by atoms with Crippen molar-refractivity contribution in [2.75, 3.05) is 5.32 Å². The van der Waals surface area contributed by atoms with Crippen molar-refractivity contribution in [1.29, 1.82) is 0 Å². The Morgan fingerprint density at radius 1 is 1.43 bits per heavy atom. The maximum Gasteiger partial charge on any atom is 0.318 e. The van der Waals surface area contributed by atoms with Crippen molar-refractivity contribution in [3.63, 3.8) is 0 Å². The van der Waals surface area contributed by atoms with Gasteiger partial charge in [0.2, 0.25) is 5.88 Å². The predicted octanol–water partition coefficient (Wildman–Crippen LogP) is 2.69. The van der Waals surface area contributed by atoms with Crippen LogP contribution in [0.25, 0.3) is 11.0 Å². The Bertz CT molecular complexity index is 493. The molecular weight excluding hydrogens is 248 g/mol. The van der Waals surface area contributed by atoms with Crippen molar-refractivity contribution < 1.29 is 9.21 Å². The fourth-order valence-corrected chi connectivity index (χ4v) is 1.58. The van der Waals surface area contributed by atoms with Gasteiger partial charge in [-0.05, 0) is 18.2 Å². The molecule has 0 fully saturated rings. The SMILES string of the molecule is NC(=O)Nc1cc2cc(Br)ccc2o1. The molecule has 4 nitrogen and oxygen atoms in total. The highest BCUT2D eigenvalue weighted by molar-refractivity contribution is 9.10. The number of benzene rings is 1. The van der Waals surface area contributed by atoms with Crippen LogP contribution in [0.4, 0.5) is 10.7 Å². The van der Waals surface area contributed by atoms with Gasteiger partial charge < -0.3 is 10.2 Å². The Morgan fingerprint density at radius 2 is 2.21 bits per heavy atom. The zero-order valence-electron chi connectivity index (χ0n) is 7.08. The lowest BCUT2D eigenvalue weighted by atomic mass is 10.3. The van der Waals surface area contributed by atoms with E-state index in [1.54, 1.807) is 6.07 Å². The van der Waals surface area contributed by atoms with Gasteiger partial charge in [-0.2, -0.15) is 0 Å². The standard InChI is InChI=1S/C9H7BrN2O2/c10-6-1-2-7-5(3-6)4-8(14-7)12-9(11)13/h1-4H,(H3,11,12,13). The molecule has 72 valence electrons. The summed E-state index contributed by atoms with van der Waals surface area (Å²) >= 11 is 3.34. The number of primary amides is 1. The van der Waals surface area contributed by atoms with Crippen molar-refractivity contribution in [2.24, 2.45) is 5.73 Å². The molecule has 0 saturated carbocycles. The Morgan fingerprint density at radius 3 is 2.93 bits per heavy atom. The Kier molecular flexibility index (Phi) is 2.17. The number of amides is 2. The Balaban J connectivity index is 2.46. The number of rotatable bonds is 1. The molecule has 0 aliphatic heterocycles. The van der Waals surface area contributed by atoms with Crippen LogP contribution in [0.1, 0.15) is 0 Å². The number of carbonyl (C=O) groups is 1. The number of carbonyl (C=O) groups excluding carboxylic acids is 1. The van der Waals surface area contributed by atoms with Crippen molar-refractivity contribution >= 4 is 38.8 Å². The summed E-state index contributed by atoms with van der Waals surface area (Å²) in [7, 11) is 0. The molecule has 0 bridgehead atoms. The second-order valence-corrected chi connectivity index (χ2v) is 3.70. The van der Waals surface area contributed by atoms with E-state index in [9.17, 15) is 4.79 Å². The normalized spacial score (nSPS) is 10.4. The van der Waals surface area contributed by atoms with Crippen LogP contribution < -0.4 is 11.1 Å². The first kappa shape index (κ1) is 9.08. The number of hydrogen-bond acceptors (Lipinski definition) is 2. The molecule has 0 aliphatic rings. The van der Waals surface area contributed by atoms with Crippen molar-refractivity contribution in [1.82, 2.24) is 0 Å². The number of fused-ring (bicyclic) bond motifs is 1. The molecule has 0 radical (unpaired) electrons. The van der Waals surface area contributed by atoms with E-state index in [1.165, 1.54) is 0 Å². The molecule has 2 rings (SSSR count). The van der Waals surface area contributed by atoms with Crippen LogP contribution in [0.3, 0.4) is 0 Å². The number of anilines is 1. The molecule has 0 saturated heterocycles. The van der Waals surface area contributed by atoms with Gasteiger partial charge in [0.05, 0.1) is 0 Å². The Labute approximate surface area is 88.2 Å². The van der Waals surface area contributed by atoms with Gasteiger partial charge in [0.25, 0.3) is 0 Å². The molecule has 1 aromatic carbocycles. The fourth-order valence-electron chi connectivity index (χ4n) is 1.20. The first-order valence-electron chi connectivity index (χ1n) is 3.91. The van der Waals surface area contributed by atoms with Crippen LogP contribution in [0.5, 0.6) is 0 Å². The number of urea groups is 1. The van der Waals surface area contributed by atoms with Gasteiger partial charge >= 0.3 is 6.03 Å². The number of nitrogens with two attached hydrogens (primary N) is 1. The highest BCUT2D eigenvalue weighted by atomic mass is 79.9. The van der Waals surface area contributed by atoms with E-state index < -0.39 is 6.03 Å². The first-order chi connectivity index (χ1) is 6.65. The lowest BCUT2D eigenvalue weighted by Crippen LogP contribution is -2.18. The van der Waals surface area contributed by atoms with Crippen LogP contribution >= 0.6 is 15.9 Å². The summed E-state index contributed by atoms with van der Waals surface area (Å²) in [5.41, 5.74) is 5.66. The van der Waals surface area contributed by atoms with Gasteiger partial charge in [-0.3, -0.25) is 5.32 Å². The van der Waals surface area contributed by atoms with E-state index in [-0.39, 0.29) is 0 Å². The smallest absolute Gasteiger partial charge is 0.318 e. The highest BCUT2D eigenvalue weighted by Gasteiger charge is 2.04. The molecule has 2 amide bonds. The molecule has 1 heterocycles. The van der Waals surface area contributed by atoms with E-state index in [0.29, 0.717) is 11.5 Å². The minimum atomic E-state index is -0.636. The van der Waals surface area contributed by atoms with Gasteiger partial charge in [0, 0.05) is 15.9 Å². The first-order valence-corrected chi connectivity index (χ1v) is 4.70. The quantitative estimate of drug-likeness (QED) is 0.822. The predicted molar refractivity (Wildman–Crippen MR) is 57.1 cm³/mol. The summed E-state index contributed by atoms with van der Waals surface area (Å²) in [6.45, 7) is 0. The molecule has 3 N–H and O–H groups in total. The minimum absolute atomic E-state index is 0.352. The molecule has 0 spiro atoms. The van der Waals surface area contributed by atoms with Gasteiger partial charge in [-0.1, -0.05) is 15.9 Å². The number of hydrogen-bond donors (Lipinski definition) is 2. The van der Waals surface area contributed by atoms with Crippen LogP contribution in [-0.2, 0) is 0 Å². The number of furan rings is 1. The van der Waals surface area contributed by atoms with E-state index in [2.05, 4.69) is 21.2 Å². The second kappa shape index (κ2) is 3.34. The van der Waals surface area contributed by atoms with Crippen molar-refractivity contribution in [3.8, 4) is 0 Å². The summed E-state index contributed by atoms with van der Waals surface area (Å²) in [5.74, 6) is 0.352. The van der Waals surface area contributed by atoms with Gasteiger partial charge in [-0.15, -0.1) is 0 Å². The summed E-state index contributed by atoms with van der Waals surface area (Å²) in [5, 5.41) is 3.28. The van der Waals surface area contributed by atoms with Crippen molar-refractivity contribution in [2.45, 2.75) is 0 Å². The largest absolute Gasteiger partial charge is 0.440 e. The lowest BCUT2D eigenvalue weighted by molar-refractivity contribution is 0.259. The van der Waals surface area contributed by atoms with Crippen molar-refractivity contribution in [3.05, 3.63) is 28.7 Å². The van der Waals surface area contributed by atoms with Crippen LogP contribution in [0.2, 0.25) is 0 Å². The third kappa shape index (κ3) is 1.72. The average Bonchev–Trinajstić information content (AvgIpc) is 2.44. The van der Waals surface area contributed by atoms with E-state index in [4.69, 9.17) is 10.2 Å². The third-order valence-electron chi connectivity index (χ3n) is 1.72. The Hall–Kier alpha value is -1.49. The fraction of sp³-hybridized carbons (Fsp3) is 0. The third-order valence-corrected chi connectivity index (χ3v) is 2.22. The van der Waals surface area contributed by atoms with Gasteiger partial charge in [0.1, 0.15) is 5.58 Å². The number of nitrogens with one attached hydrogen (secondary N) is 1. The van der Waals surface area contributed by atoms with Crippen LogP contribution in [0.15, 0.2) is 33.2 Å². The maximum absolute atomic E-state index is 10.6. The van der Waals surface area contributed by atoms with E-state index in [1.807, 2.05) is 18.2 Å². The molecular formula is C9H7BrN2O2. The van der Waals surface area contributed by atoms with Crippen LogP contribution in [-0.4, -0.2) is 6.03 Å². The summed E-state index contributed by atoms with van der Waals surface area (Å²) in [6, 6.07) is 6.64. The summed E-state index contributed by atoms with van der Waals surface area (Å²) < 4.78 is 6.26.